The summed E-state index contributed by atoms with van der Waals surface area (Å²) in [7, 11) is 0. The summed E-state index contributed by atoms with van der Waals surface area (Å²) in [5.74, 6) is 1.68. The summed E-state index contributed by atoms with van der Waals surface area (Å²) >= 11 is 0. The van der Waals surface area contributed by atoms with Crippen LogP contribution in [-0.2, 0) is 21.3 Å². The molecule has 5 nitrogen and oxygen atoms in total. The standard InChI is InChI=1S/C24H28N2O3/c25-13-17-5-4-16-12-19-18-6-7-24(27-10-11-28-24)22-23(18,20(16)21(17)29-22)8-9-26(19)14-15-2-1-3-15/h4-5,15,18-19,22H,1-3,6-12,14H2. The highest BCUT2D eigenvalue weighted by atomic mass is 16.8. The second kappa shape index (κ2) is 5.75. The number of hydrogen-bond donors (Lipinski definition) is 0. The molecule has 2 saturated heterocycles. The third kappa shape index (κ3) is 2.01. The van der Waals surface area contributed by atoms with Gasteiger partial charge in [0.05, 0.1) is 18.8 Å². The van der Waals surface area contributed by atoms with Gasteiger partial charge >= 0.3 is 0 Å². The van der Waals surface area contributed by atoms with E-state index >= 15 is 0 Å². The Morgan fingerprint density at radius 3 is 2.76 bits per heavy atom. The predicted octanol–water partition coefficient (Wildman–Crippen LogP) is 3.14. The lowest BCUT2D eigenvalue weighted by Gasteiger charge is -2.61. The van der Waals surface area contributed by atoms with Crippen LogP contribution in [0.25, 0.3) is 0 Å². The van der Waals surface area contributed by atoms with Crippen molar-refractivity contribution in [3.8, 4) is 11.8 Å². The molecule has 7 rings (SSSR count). The van der Waals surface area contributed by atoms with Gasteiger partial charge in [0.15, 0.2) is 6.10 Å². The second-order valence-electron chi connectivity index (χ2n) is 10.1. The molecule has 0 N–H and O–H groups in total. The van der Waals surface area contributed by atoms with Crippen LogP contribution in [0.3, 0.4) is 0 Å². The Morgan fingerprint density at radius 2 is 2.00 bits per heavy atom. The molecule has 2 saturated carbocycles. The Balaban J connectivity index is 1.38. The quantitative estimate of drug-likeness (QED) is 0.774. The van der Waals surface area contributed by atoms with Gasteiger partial charge in [-0.15, -0.1) is 0 Å². The molecule has 5 heteroatoms. The number of ether oxygens (including phenoxy) is 3. The van der Waals surface area contributed by atoms with E-state index in [1.807, 2.05) is 6.07 Å². The zero-order chi connectivity index (χ0) is 19.2. The SMILES string of the molecule is N#Cc1ccc2c3c1OC1C4(CCC5C(C2)N(CC2CCC2)CCC351)OCCO4. The van der Waals surface area contributed by atoms with Crippen molar-refractivity contribution in [3.63, 3.8) is 0 Å². The molecule has 6 aliphatic rings. The number of benzene rings is 1. The van der Waals surface area contributed by atoms with E-state index in [1.165, 1.54) is 36.9 Å². The minimum atomic E-state index is -0.627. The van der Waals surface area contributed by atoms with Gasteiger partial charge in [0, 0.05) is 30.0 Å². The first kappa shape index (κ1) is 17.1. The molecule has 1 aromatic carbocycles. The van der Waals surface area contributed by atoms with Crippen LogP contribution in [0.5, 0.6) is 5.75 Å². The van der Waals surface area contributed by atoms with E-state index in [0.717, 1.165) is 43.9 Å². The normalized spacial score (nSPS) is 38.9. The third-order valence-electron chi connectivity index (χ3n) is 9.07. The van der Waals surface area contributed by atoms with Gasteiger partial charge in [-0.2, -0.15) is 5.26 Å². The van der Waals surface area contributed by atoms with Crippen molar-refractivity contribution < 1.29 is 14.2 Å². The van der Waals surface area contributed by atoms with E-state index < -0.39 is 5.79 Å². The predicted molar refractivity (Wildman–Crippen MR) is 106 cm³/mol. The highest BCUT2D eigenvalue weighted by molar-refractivity contribution is 5.61. The van der Waals surface area contributed by atoms with Crippen molar-refractivity contribution in [2.24, 2.45) is 11.8 Å². The zero-order valence-corrected chi connectivity index (χ0v) is 16.9. The van der Waals surface area contributed by atoms with E-state index in [0.29, 0.717) is 30.7 Å². The monoisotopic (exact) mass is 392 g/mol. The van der Waals surface area contributed by atoms with Crippen LogP contribution in [0.15, 0.2) is 12.1 Å². The van der Waals surface area contributed by atoms with Gasteiger partial charge < -0.3 is 14.2 Å². The fraction of sp³-hybridized carbons (Fsp3) is 0.708. The molecule has 4 fully saturated rings. The Labute approximate surface area is 171 Å². The molecule has 0 amide bonds. The molecular formula is C24H28N2O3. The average Bonchev–Trinajstić information content (AvgIpc) is 3.30. The van der Waals surface area contributed by atoms with Crippen LogP contribution < -0.4 is 4.74 Å². The molecule has 2 bridgehead atoms. The van der Waals surface area contributed by atoms with Gasteiger partial charge in [-0.3, -0.25) is 4.90 Å². The number of nitriles is 1. The van der Waals surface area contributed by atoms with Gasteiger partial charge in [0.2, 0.25) is 5.79 Å². The summed E-state index contributed by atoms with van der Waals surface area (Å²) in [6.07, 6.45) is 8.32. The van der Waals surface area contributed by atoms with Crippen LogP contribution in [0, 0.1) is 23.2 Å². The van der Waals surface area contributed by atoms with Gasteiger partial charge in [-0.25, -0.2) is 0 Å². The summed E-state index contributed by atoms with van der Waals surface area (Å²) in [4.78, 5) is 2.81. The molecule has 1 aromatic rings. The minimum absolute atomic E-state index is 0.0564. The fourth-order valence-electron chi connectivity index (χ4n) is 7.70. The lowest BCUT2D eigenvalue weighted by Crippen LogP contribution is -2.70. The molecule has 2 spiro atoms. The average molecular weight is 392 g/mol. The number of nitrogens with zero attached hydrogens (tertiary/aromatic N) is 2. The van der Waals surface area contributed by atoms with Gasteiger partial charge in [-0.05, 0) is 62.1 Å². The van der Waals surface area contributed by atoms with Gasteiger partial charge in [0.25, 0.3) is 0 Å². The van der Waals surface area contributed by atoms with E-state index in [9.17, 15) is 5.26 Å². The van der Waals surface area contributed by atoms with Crippen molar-refractivity contribution in [2.75, 3.05) is 26.3 Å². The molecule has 3 aliphatic carbocycles. The van der Waals surface area contributed by atoms with Crippen LogP contribution in [0.2, 0.25) is 0 Å². The highest BCUT2D eigenvalue weighted by Gasteiger charge is 2.71. The molecule has 4 atom stereocenters. The van der Waals surface area contributed by atoms with E-state index in [-0.39, 0.29) is 11.5 Å². The number of fused-ring (bicyclic) bond motifs is 1. The molecule has 0 radical (unpaired) electrons. The summed E-state index contributed by atoms with van der Waals surface area (Å²) in [6.45, 7) is 3.68. The summed E-state index contributed by atoms with van der Waals surface area (Å²) in [5, 5.41) is 9.76. The Hall–Kier alpha value is -1.61. The number of likely N-dealkylation sites (tertiary alicyclic amines) is 1. The maximum Gasteiger partial charge on any atom is 0.206 e. The lowest BCUT2D eigenvalue weighted by atomic mass is 9.50. The second-order valence-corrected chi connectivity index (χ2v) is 10.1. The van der Waals surface area contributed by atoms with Gasteiger partial charge in [0.1, 0.15) is 11.8 Å². The van der Waals surface area contributed by atoms with E-state index in [1.54, 1.807) is 0 Å². The van der Waals surface area contributed by atoms with E-state index in [2.05, 4.69) is 17.0 Å². The Morgan fingerprint density at radius 1 is 1.14 bits per heavy atom. The smallest absolute Gasteiger partial charge is 0.206 e. The third-order valence-corrected chi connectivity index (χ3v) is 9.07. The summed E-state index contributed by atoms with van der Waals surface area (Å²) in [6, 6.07) is 7.15. The van der Waals surface area contributed by atoms with Crippen molar-refractivity contribution in [1.82, 2.24) is 4.90 Å². The zero-order valence-electron chi connectivity index (χ0n) is 16.9. The van der Waals surface area contributed by atoms with Crippen LogP contribution in [0.4, 0.5) is 0 Å². The van der Waals surface area contributed by atoms with Crippen molar-refractivity contribution >= 4 is 0 Å². The fourth-order valence-corrected chi connectivity index (χ4v) is 7.70. The first-order valence-electron chi connectivity index (χ1n) is 11.5. The molecule has 4 unspecified atom stereocenters. The Kier molecular flexibility index (Phi) is 3.39. The number of rotatable bonds is 2. The number of piperidine rings is 1. The number of hydrogen-bond acceptors (Lipinski definition) is 5. The summed E-state index contributed by atoms with van der Waals surface area (Å²) < 4.78 is 19.2. The molecule has 152 valence electrons. The first-order chi connectivity index (χ1) is 14.2. The van der Waals surface area contributed by atoms with Crippen molar-refractivity contribution in [1.29, 1.82) is 5.26 Å². The van der Waals surface area contributed by atoms with Crippen LogP contribution >= 0.6 is 0 Å². The van der Waals surface area contributed by atoms with E-state index in [4.69, 9.17) is 14.2 Å². The minimum Gasteiger partial charge on any atom is -0.482 e. The maximum atomic E-state index is 9.76. The molecular weight excluding hydrogens is 364 g/mol. The Bertz CT molecular complexity index is 913. The first-order valence-corrected chi connectivity index (χ1v) is 11.5. The van der Waals surface area contributed by atoms with Gasteiger partial charge in [-0.1, -0.05) is 12.5 Å². The molecule has 29 heavy (non-hydrogen) atoms. The maximum absolute atomic E-state index is 9.76. The van der Waals surface area contributed by atoms with Crippen LogP contribution in [-0.4, -0.2) is 49.1 Å². The largest absolute Gasteiger partial charge is 0.482 e. The highest BCUT2D eigenvalue weighted by Crippen LogP contribution is 2.65. The lowest BCUT2D eigenvalue weighted by molar-refractivity contribution is -0.261. The summed E-state index contributed by atoms with van der Waals surface area (Å²) in [5.41, 5.74) is 3.36. The molecule has 0 aromatic heterocycles. The molecule has 3 aliphatic heterocycles. The van der Waals surface area contributed by atoms with Crippen molar-refractivity contribution in [3.05, 3.63) is 28.8 Å². The van der Waals surface area contributed by atoms with Crippen molar-refractivity contribution in [2.45, 2.75) is 68.3 Å². The topological polar surface area (TPSA) is 54.7 Å². The van der Waals surface area contributed by atoms with Crippen LogP contribution in [0.1, 0.15) is 55.2 Å². The molecule has 3 heterocycles.